The number of aryl methyl sites for hydroxylation is 1. The maximum Gasteiger partial charge on any atom is 0.373 e. The molecular weight excluding hydrogens is 1830 g/mol. The number of benzene rings is 2. The third kappa shape index (κ3) is 31.9. The summed E-state index contributed by atoms with van der Waals surface area (Å²) >= 11 is 0. The summed E-state index contributed by atoms with van der Waals surface area (Å²) in [6, 6.07) is 11.4. The molecule has 1 aromatic heterocycles. The predicted octanol–water partition coefficient (Wildman–Crippen LogP) is 5.33. The summed E-state index contributed by atoms with van der Waals surface area (Å²) in [5, 5.41) is 98.2. The van der Waals surface area contributed by atoms with E-state index in [0.717, 1.165) is 66.1 Å². The van der Waals surface area contributed by atoms with E-state index >= 15 is 4.79 Å². The number of unbranched alkanes of at least 4 members (excludes halogenated alkanes) is 1. The zero-order chi connectivity index (χ0) is 104. The summed E-state index contributed by atoms with van der Waals surface area (Å²) in [6.07, 6.45) is 6.98. The third-order valence-electron chi connectivity index (χ3n) is 27.7. The van der Waals surface area contributed by atoms with E-state index in [2.05, 4.69) is 107 Å². The lowest BCUT2D eigenvalue weighted by Crippen LogP contribution is -2.80. The number of hydrogen-bond donors (Lipinski definition) is 12. The molecule has 2 bridgehead atoms. The lowest BCUT2D eigenvalue weighted by atomic mass is 9.47. The van der Waals surface area contributed by atoms with Gasteiger partial charge in [0.1, 0.15) is 32.0 Å². The van der Waals surface area contributed by atoms with Crippen LogP contribution in [-0.2, 0) is 132 Å². The van der Waals surface area contributed by atoms with Gasteiger partial charge in [0.2, 0.25) is 23.6 Å². The topological polar surface area (TPSA) is 550 Å². The van der Waals surface area contributed by atoms with E-state index in [1.54, 1.807) is 6.92 Å². The van der Waals surface area contributed by atoms with Crippen molar-refractivity contribution in [2.45, 2.75) is 313 Å². The Balaban J connectivity index is 0.000000391. The predicted molar refractivity (Wildman–Crippen MR) is 508 cm³/mol. The number of hydrogen-bond acceptors (Lipinski definition) is 35. The third-order valence-corrected chi connectivity index (χ3v) is 27.7. The molecule has 4 fully saturated rings. The lowest BCUT2D eigenvalue weighted by Gasteiger charge is -2.63. The number of methoxy groups -OCH3 is 4. The van der Waals surface area contributed by atoms with E-state index in [4.69, 9.17) is 92.0 Å². The number of ether oxygens (including phenoxy) is 12. The fourth-order valence-electron chi connectivity index (χ4n) is 20.3. The number of aliphatic hydroxyl groups is 8. The molecule has 140 heavy (non-hydrogen) atoms. The highest BCUT2D eigenvalue weighted by atomic mass is 16.7. The fourth-order valence-corrected chi connectivity index (χ4v) is 20.3. The quantitative estimate of drug-likeness (QED) is 0.00849. The van der Waals surface area contributed by atoms with Crippen LogP contribution in [0.3, 0.4) is 0 Å². The Hall–Kier alpha value is -8.72. The summed E-state index contributed by atoms with van der Waals surface area (Å²) in [6.45, 7) is 22.6. The maximum atomic E-state index is 15.2. The van der Waals surface area contributed by atoms with Gasteiger partial charge in [-0.05, 0) is 164 Å². The van der Waals surface area contributed by atoms with Crippen LogP contribution in [0.4, 0.5) is 5.69 Å². The highest BCUT2D eigenvalue weighted by Gasteiger charge is 2.78. The molecule has 3 aromatic rings. The van der Waals surface area contributed by atoms with E-state index < -0.39 is 125 Å². The number of amides is 4. The molecule has 20 atom stereocenters. The van der Waals surface area contributed by atoms with Crippen molar-refractivity contribution in [1.29, 1.82) is 0 Å². The number of carbonyl (C=O) groups excluding carboxylic acids is 11. The van der Waals surface area contributed by atoms with Gasteiger partial charge < -0.3 is 123 Å². The van der Waals surface area contributed by atoms with E-state index in [9.17, 15) is 63.6 Å². The van der Waals surface area contributed by atoms with Crippen LogP contribution in [0.5, 0.6) is 0 Å². The van der Waals surface area contributed by atoms with Crippen LogP contribution in [-0.4, -0.2) is 357 Å². The summed E-state index contributed by atoms with van der Waals surface area (Å²) in [5.41, 5.74) is 2.93. The zero-order valence-electron chi connectivity index (χ0n) is 84.4. The second kappa shape index (κ2) is 58.9. The monoisotopic (exact) mass is 1980 g/mol. The Kier molecular flexibility index (Phi) is 50.5. The van der Waals surface area contributed by atoms with Crippen LogP contribution in [0.25, 0.3) is 10.9 Å². The molecule has 40 nitrogen and oxygen atoms in total. The number of likely N-dealkylation sites (N-methyl/N-ethyl adjacent to an activating group) is 1. The number of aromatic nitrogens is 1. The van der Waals surface area contributed by atoms with Crippen molar-refractivity contribution in [3.63, 3.8) is 0 Å². The molecule has 1 aliphatic carbocycles. The van der Waals surface area contributed by atoms with Gasteiger partial charge in [-0.1, -0.05) is 84.9 Å². The van der Waals surface area contributed by atoms with Crippen molar-refractivity contribution in [2.75, 3.05) is 146 Å². The Labute approximate surface area is 821 Å². The second-order valence-electron chi connectivity index (χ2n) is 37.2. The molecule has 2 aromatic carbocycles. The molecule has 14 unspecified atom stereocenters. The van der Waals surface area contributed by atoms with E-state index in [1.807, 2.05) is 34.7 Å². The number of piperidine rings is 1. The minimum Gasteiger partial charge on any atom is -0.481 e. The van der Waals surface area contributed by atoms with Gasteiger partial charge in [0.05, 0.1) is 75.7 Å². The van der Waals surface area contributed by atoms with Crippen LogP contribution >= 0.6 is 0 Å². The van der Waals surface area contributed by atoms with Crippen molar-refractivity contribution >= 4 is 82.0 Å². The van der Waals surface area contributed by atoms with Gasteiger partial charge in [0.25, 0.3) is 0 Å². The first kappa shape index (κ1) is 120. The number of aromatic amines is 1. The van der Waals surface area contributed by atoms with Crippen LogP contribution in [0.2, 0.25) is 0 Å². The summed E-state index contributed by atoms with van der Waals surface area (Å²) < 4.78 is 62.2. The first-order chi connectivity index (χ1) is 66.8. The molecule has 10 rings (SSSR count). The number of carbonyl (C=O) groups is 10. The highest BCUT2D eigenvalue weighted by Crippen LogP contribution is 2.67. The van der Waals surface area contributed by atoms with Crippen molar-refractivity contribution in [3.05, 3.63) is 76.5 Å². The van der Waals surface area contributed by atoms with E-state index in [1.165, 1.54) is 57.6 Å². The highest BCUT2D eigenvalue weighted by molar-refractivity contribution is 6.03. The molecule has 40 heteroatoms. The largest absolute Gasteiger partial charge is 0.481 e. The molecule has 6 aliphatic heterocycles. The number of para-hydroxylation sites is 1. The Morgan fingerprint density at radius 1 is 0.636 bits per heavy atom. The molecular formula is C100H157N7O33. The number of nitrogens with one attached hydrogen (secondary N) is 3. The molecule has 1 spiro atoms. The summed E-state index contributed by atoms with van der Waals surface area (Å²) in [4.78, 5) is 150. The lowest BCUT2D eigenvalue weighted by molar-refractivity contribution is -0.202. The molecule has 790 valence electrons. The normalized spacial score (nSPS) is 25.0. The van der Waals surface area contributed by atoms with Gasteiger partial charge in [-0.25, -0.2) is 4.79 Å². The standard InChI is InChI=1S/C61H87N5O12.C19H32N2O8.C12H22O7.C7H16O4.CO2/c1-9-41(35-67)78-51(75-8)36-77-50(70)22-16-21-49(69)62-39(5)53(71)76-29-15-14-20-48(68)61(74)55-60(25-28-66-26-17-24-59(11-3,54(60)66)56(61)72)45-31-44(38(4)30-47(45)64(55)7)57(6)32-40-33-58(73,10-2)37-65(34-40)27-23-43-42-18-12-13-19-46(42)63-52(43)57;1-4-14(11-22)29-18(27-3)12-28-17(25)7-5-6-15(23)20-8-9-21-16(24)10-13(2)19(21)26;1-3-9(7-13)19-12(17-2)8-18-11(16)6-4-5-10(14)15;1-3-6(4-8)11-7(5-9)10-2;2-1-3/h12-13,17-19,24,30-31,39-41,51,54-56,63,67,72-74H,9-11,14-16,20-23,25-29,32-37H2,1-8H3,(H,62,69);13-14,18,22H,4-12H2,1-3H3,(H,20,23);9,12-13H,3-8H2,1-2H3,(H,14,15);6-9H,3-5H2,1-2H3;/t39?,40-,41?,51?,54?,55?,56+,57+,58?,59+,60+,61-;;;;/m0..../s1. The van der Waals surface area contributed by atoms with Gasteiger partial charge in [-0.2, -0.15) is 9.59 Å². The smallest absolute Gasteiger partial charge is 0.373 e. The van der Waals surface area contributed by atoms with Gasteiger partial charge in [-0.3, -0.25) is 57.9 Å². The number of fused-ring (bicyclic) bond motifs is 6. The molecule has 0 radical (unpaired) electrons. The van der Waals surface area contributed by atoms with Gasteiger partial charge in [-0.15, -0.1) is 0 Å². The van der Waals surface area contributed by atoms with Crippen molar-refractivity contribution in [2.24, 2.45) is 17.3 Å². The first-order valence-corrected chi connectivity index (χ1v) is 49.1. The summed E-state index contributed by atoms with van der Waals surface area (Å²) in [7, 11) is 7.66. The number of aliphatic hydroxyl groups excluding tert-OH is 6. The SMILES string of the molecule is CCC(CO)OC(CO)OC.CCC(CO)OC(COC(=O)CCCC(=O)NC(C)C(=O)OCCCCC(=O)[C@]1(O)C2N(C)c3cc(C)c([C@@]4(C)C[C@@H]5CN(CCc6c4[nH]c4ccccc64)CC(O)(CC)C5)cc3[C@@]23CCN2CC=C[C@](CC)(C23)[C@H]1O)OC.CCC(CO)OC(COC(=O)CCCC(=O)NCCN1C(=O)CC(C)C1=O)OC.CCC(CO)OC(COC(=O)CCCC(=O)O)OC.O=C=O. The molecule has 7 heterocycles. The number of esters is 4. The van der Waals surface area contributed by atoms with Gasteiger partial charge in [0.15, 0.2) is 36.5 Å². The number of anilines is 1. The van der Waals surface area contributed by atoms with E-state index in [0.29, 0.717) is 70.9 Å². The van der Waals surface area contributed by atoms with Crippen molar-refractivity contribution < 1.29 is 160 Å². The number of carboxylic acids is 1. The number of nitrogens with zero attached hydrogens (tertiary/aromatic N) is 4. The Morgan fingerprint density at radius 2 is 1.16 bits per heavy atom. The number of likely N-dealkylation sites (tertiary alicyclic amines) is 1. The zero-order valence-corrected chi connectivity index (χ0v) is 84.4. The number of H-pyrrole nitrogens is 1. The molecule has 4 amide bonds. The van der Waals surface area contributed by atoms with E-state index in [-0.39, 0.29) is 197 Å². The van der Waals surface area contributed by atoms with Crippen LogP contribution in [0.15, 0.2) is 48.6 Å². The second-order valence-corrected chi connectivity index (χ2v) is 37.2. The molecule has 3 saturated heterocycles. The first-order valence-electron chi connectivity index (χ1n) is 49.1. The number of carboxylic acid groups (broad SMARTS) is 1. The number of aliphatic carboxylic acids is 1. The fraction of sp³-hybridized carbons (Fsp3) is 0.730. The van der Waals surface area contributed by atoms with Gasteiger partial charge in [0, 0.05) is 177 Å². The minimum atomic E-state index is -2.17. The number of ketones is 1. The number of rotatable bonds is 53. The Morgan fingerprint density at radius 3 is 1.66 bits per heavy atom. The van der Waals surface area contributed by atoms with Gasteiger partial charge >= 0.3 is 36.0 Å². The molecule has 7 aliphatic rings. The van der Waals surface area contributed by atoms with Crippen molar-refractivity contribution in [3.8, 4) is 0 Å². The number of Topliss-reactive ketones (excluding diaryl/α,β-unsaturated/α-hetero) is 1. The maximum absolute atomic E-state index is 15.2. The average Bonchev–Trinajstić information content (AvgIpc) is 1.47. The Bertz CT molecular complexity index is 4460. The molecule has 12 N–H and O–H groups in total. The van der Waals surface area contributed by atoms with Crippen LogP contribution in [0.1, 0.15) is 232 Å². The molecule has 1 saturated carbocycles. The average molecular weight is 1990 g/mol. The summed E-state index contributed by atoms with van der Waals surface area (Å²) in [5.74, 6) is -4.76. The number of imide groups is 1. The van der Waals surface area contributed by atoms with Crippen LogP contribution < -0.4 is 15.5 Å². The van der Waals surface area contributed by atoms with Crippen LogP contribution in [0, 0.1) is 24.2 Å². The van der Waals surface area contributed by atoms with Crippen molar-refractivity contribution in [1.82, 2.24) is 30.3 Å². The minimum absolute atomic E-state index is 0.0183.